The SMILES string of the molecule is C=CC1=C(C=C)C(C)(C)C(C=CC2=C(Oc3ccc(S(=O)(=O)[O-])cc3)C(=CC=C3N(CCCCCCO)c4ccc5ccccc5c4C3(C)C)CCC2)=[N+]1CCCCSOO[O-].CC(C)N(C(C)C)P(=O)(CCC#N)OCCCCCC[N+]1=C(/C=C/C2=C(Oc3ccc(S(=O)(=O)[O-])cc3)C(=C/C=C3/N(CCCCSOO[O-])c4ccccc4C3(C)C)/CCC2)C(C)(C)c2c1ccc1ccccc21.[Na+].[Na+]. The molecule has 0 fully saturated rings. The van der Waals surface area contributed by atoms with Crippen molar-refractivity contribution in [3.8, 4) is 17.6 Å². The third-order valence-corrected chi connectivity index (χ3v) is 32.8. The van der Waals surface area contributed by atoms with Crippen molar-refractivity contribution in [1.29, 1.82) is 5.26 Å². The van der Waals surface area contributed by atoms with Crippen LogP contribution in [0.2, 0.25) is 0 Å². The van der Waals surface area contributed by atoms with E-state index < -0.39 is 27.8 Å². The molecule has 1 N–H and O–H groups in total. The summed E-state index contributed by atoms with van der Waals surface area (Å²) >= 11 is 1.99. The van der Waals surface area contributed by atoms with Gasteiger partial charge in [-0.05, 0) is 285 Å². The van der Waals surface area contributed by atoms with Gasteiger partial charge in [0.15, 0.2) is 11.4 Å². The van der Waals surface area contributed by atoms with Crippen molar-refractivity contribution in [2.45, 2.75) is 243 Å². The molecule has 4 heterocycles. The number of nitrogens with zero attached hydrogens (tertiary/aromatic N) is 6. The summed E-state index contributed by atoms with van der Waals surface area (Å²) in [6.07, 6.45) is 37.2. The summed E-state index contributed by atoms with van der Waals surface area (Å²) in [5, 5.41) is 51.2. The standard InChI is InChI=1S/C59H75N4O9PS2.C50H60N2O8S2.2Na/c1-43(2)63(44(3)4)73(65,41-20-37-60)69-40-17-10-9-15-38-62-53-34-27-45-21-11-12-24-50(45)56(53)59(7,8)55(62)36-29-47-23-19-22-46(57(47)70-48-30-32-49(33-31-48)75(66,67)68)28-35-54-58(5,6)51-25-13-14-26-52(51)61(54)39-16-18-42-74-72-71-64;1-7-42-43(8-2)51(33-14-16-35-61-60-59-54)45(49(42,3)4)30-23-37-19-17-20-38(48(37)58-39-25-27-40(28-26-39)62(55,56)57)24-31-46-50(5,6)47-41-21-12-11-18-36(41)22-29-44(47)52(46)32-13-9-10-15-34-53;;/h11-14,21,24-36,43-44H,9-10,15-20,22-23,38-42H2,1-8H3,(H-,64,66,67,68);7-8,11-12,18,21-31,53H,1-2,9-10,13-17,19-20,32-35H2,3-6H3,(H-,54,55,56,57);;/q;;2*+1/p-2. The van der Waals surface area contributed by atoms with Crippen molar-refractivity contribution >= 4 is 102 Å². The number of hydrogen-bond acceptors (Lipinski definition) is 22. The zero-order valence-corrected chi connectivity index (χ0v) is 91.4. The van der Waals surface area contributed by atoms with Crippen molar-refractivity contribution in [2.75, 3.05) is 66.9 Å². The molecule has 0 saturated carbocycles. The number of ether oxygens (including phenoxy) is 2. The normalized spacial score (nSPS) is 18.3. The van der Waals surface area contributed by atoms with Crippen LogP contribution in [-0.2, 0) is 64.3 Å². The van der Waals surface area contributed by atoms with E-state index in [0.717, 1.165) is 210 Å². The average molecular weight is 2000 g/mol. The Hall–Kier alpha value is -7.38. The van der Waals surface area contributed by atoms with Gasteiger partial charge in [0.05, 0.1) is 39.5 Å². The minimum absolute atomic E-state index is 0. The average Bonchev–Trinajstić information content (AvgIpc) is 1.59. The molecule has 13 rings (SSSR count). The molecule has 2 aliphatic carbocycles. The number of allylic oxidation sites excluding steroid dienone is 17. The van der Waals surface area contributed by atoms with Gasteiger partial charge < -0.3 is 48.5 Å². The molecule has 7 aromatic carbocycles. The van der Waals surface area contributed by atoms with Gasteiger partial charge in [0.2, 0.25) is 11.4 Å². The first-order chi connectivity index (χ1) is 65.6. The van der Waals surface area contributed by atoms with Crippen LogP contribution >= 0.6 is 31.6 Å². The van der Waals surface area contributed by atoms with Crippen LogP contribution in [0.1, 0.15) is 222 Å². The Bertz CT molecular complexity index is 6220. The Balaban J connectivity index is 0.000000287. The first-order valence-corrected chi connectivity index (χ1v) is 54.3. The molecule has 1 atom stereocenters. The second kappa shape index (κ2) is 51.9. The van der Waals surface area contributed by atoms with E-state index in [-0.39, 0.29) is 122 Å². The van der Waals surface area contributed by atoms with Gasteiger partial charge in [-0.1, -0.05) is 151 Å². The van der Waals surface area contributed by atoms with Gasteiger partial charge in [-0.15, -0.1) is 0 Å². The molecule has 139 heavy (non-hydrogen) atoms. The monoisotopic (exact) mass is 2000 g/mol. The molecule has 23 nitrogen and oxygen atoms in total. The summed E-state index contributed by atoms with van der Waals surface area (Å²) in [7, 11) is -12.5. The Morgan fingerprint density at radius 2 is 1.01 bits per heavy atom. The number of para-hydroxylation sites is 1. The van der Waals surface area contributed by atoms with Gasteiger partial charge in [-0.2, -0.15) is 23.1 Å². The maximum Gasteiger partial charge on any atom is 1.00 e. The molecule has 0 aromatic heterocycles. The molecule has 1 unspecified atom stereocenters. The third-order valence-electron chi connectivity index (χ3n) is 26.9. The van der Waals surface area contributed by atoms with Crippen LogP contribution in [0, 0.1) is 16.7 Å². The zero-order valence-electron chi connectivity index (χ0n) is 83.2. The van der Waals surface area contributed by atoms with Gasteiger partial charge in [-0.25, -0.2) is 21.5 Å². The largest absolute Gasteiger partial charge is 1.00 e. The van der Waals surface area contributed by atoms with E-state index in [1.807, 2.05) is 44.5 Å². The van der Waals surface area contributed by atoms with E-state index in [2.05, 4.69) is 258 Å². The molecular weight excluding hydrogens is 1870 g/mol. The number of rotatable bonds is 47. The van der Waals surface area contributed by atoms with Crippen molar-refractivity contribution in [3.63, 3.8) is 0 Å². The fraction of sp³-hybridized carbons (Fsp3) is 0.422. The van der Waals surface area contributed by atoms with Gasteiger partial charge in [-0.3, -0.25) is 14.6 Å². The summed E-state index contributed by atoms with van der Waals surface area (Å²) < 4.78 is 121. The van der Waals surface area contributed by atoms with Crippen molar-refractivity contribution < 1.29 is 147 Å². The predicted molar refractivity (Wildman–Crippen MR) is 544 cm³/mol. The number of benzene rings is 7. The van der Waals surface area contributed by atoms with Gasteiger partial charge >= 0.3 is 59.1 Å². The maximum atomic E-state index is 14.2. The number of nitriles is 1. The van der Waals surface area contributed by atoms with Crippen LogP contribution in [0.5, 0.6) is 11.5 Å². The first-order valence-electron chi connectivity index (χ1n) is 47.9. The summed E-state index contributed by atoms with van der Waals surface area (Å²) in [6, 6.07) is 48.0. The molecular formula is C109H133N6Na2O17PS4. The van der Waals surface area contributed by atoms with E-state index in [4.69, 9.17) is 14.0 Å². The Morgan fingerprint density at radius 3 is 1.54 bits per heavy atom. The van der Waals surface area contributed by atoms with Crippen LogP contribution in [0.3, 0.4) is 0 Å². The molecule has 0 bridgehead atoms. The molecule has 0 radical (unpaired) electrons. The molecule has 0 spiro atoms. The topological polar surface area (TPSA) is 302 Å². The molecule has 0 amide bonds. The van der Waals surface area contributed by atoms with E-state index in [0.29, 0.717) is 47.7 Å². The number of unbranched alkanes of at least 4 members (excludes halogenated alkanes) is 8. The number of aliphatic hydroxyl groups excluding tert-OH is 1. The molecule has 6 aliphatic rings. The minimum atomic E-state index is -4.66. The van der Waals surface area contributed by atoms with E-state index in [1.165, 1.54) is 97.4 Å². The Kier molecular flexibility index (Phi) is 42.4. The summed E-state index contributed by atoms with van der Waals surface area (Å²) in [5.74, 6) is 3.46. The Labute approximate surface area is 876 Å². The summed E-state index contributed by atoms with van der Waals surface area (Å²) in [4.78, 5) is 4.21. The zero-order chi connectivity index (χ0) is 98.5. The van der Waals surface area contributed by atoms with Crippen molar-refractivity contribution in [2.24, 2.45) is 5.41 Å². The van der Waals surface area contributed by atoms with Gasteiger partial charge in [0.25, 0.3) is 7.52 Å². The molecule has 0 saturated heterocycles. The second-order valence-electron chi connectivity index (χ2n) is 38.1. The number of hydrogen-bond donors (Lipinski definition) is 1. The first kappa shape index (κ1) is 114. The number of fused-ring (bicyclic) bond motifs is 7. The number of aliphatic hydroxyl groups is 1. The van der Waals surface area contributed by atoms with Gasteiger partial charge in [0, 0.05) is 156 Å². The van der Waals surface area contributed by atoms with Crippen LogP contribution in [0.15, 0.2) is 286 Å². The Morgan fingerprint density at radius 1 is 0.532 bits per heavy atom. The van der Waals surface area contributed by atoms with E-state index >= 15 is 0 Å². The summed E-state index contributed by atoms with van der Waals surface area (Å²) in [6.45, 7) is 38.1. The third kappa shape index (κ3) is 27.4. The minimum Gasteiger partial charge on any atom is -0.744 e. The predicted octanol–water partition coefficient (Wildman–Crippen LogP) is 17.3. The van der Waals surface area contributed by atoms with E-state index in [9.17, 15) is 51.4 Å². The fourth-order valence-corrected chi connectivity index (χ4v) is 25.0. The smallest absolute Gasteiger partial charge is 0.744 e. The second-order valence-corrected chi connectivity index (χ2v) is 44.9. The van der Waals surface area contributed by atoms with Crippen LogP contribution in [-0.4, -0.2) is 125 Å². The van der Waals surface area contributed by atoms with Crippen molar-refractivity contribution in [1.82, 2.24) is 4.67 Å². The maximum absolute atomic E-state index is 14.2. The fourth-order valence-electron chi connectivity index (χ4n) is 20.5. The van der Waals surface area contributed by atoms with Crippen molar-refractivity contribution in [3.05, 3.63) is 293 Å². The van der Waals surface area contributed by atoms with Crippen LogP contribution in [0.4, 0.5) is 17.1 Å². The molecule has 7 aromatic rings. The van der Waals surface area contributed by atoms with Gasteiger partial charge in [0.1, 0.15) is 56.3 Å². The number of anilines is 2. The summed E-state index contributed by atoms with van der Waals surface area (Å²) in [5.41, 5.74) is 16.6. The van der Waals surface area contributed by atoms with Crippen LogP contribution in [0.25, 0.3) is 21.5 Å². The molecule has 4 aliphatic heterocycles. The van der Waals surface area contributed by atoms with E-state index in [1.54, 1.807) is 12.1 Å². The quantitative estimate of drug-likeness (QED) is 0.00541. The van der Waals surface area contributed by atoms with Crippen LogP contribution < -0.4 is 88.9 Å². The molecule has 732 valence electrons. The molecule has 30 heteroatoms.